The van der Waals surface area contributed by atoms with Gasteiger partial charge in [0.1, 0.15) is 21.4 Å². The Morgan fingerprint density at radius 3 is 2.53 bits per heavy atom. The topological polar surface area (TPSA) is 102 Å². The molecule has 3 N–H and O–H groups in total. The highest BCUT2D eigenvalue weighted by Gasteiger charge is 2.02. The van der Waals surface area contributed by atoms with Crippen molar-refractivity contribution in [1.29, 1.82) is 0 Å². The van der Waals surface area contributed by atoms with Crippen LogP contribution in [0.3, 0.4) is 0 Å². The van der Waals surface area contributed by atoms with Crippen molar-refractivity contribution in [2.75, 3.05) is 18.6 Å². The van der Waals surface area contributed by atoms with Crippen molar-refractivity contribution >= 4 is 15.7 Å². The van der Waals surface area contributed by atoms with Gasteiger partial charge >= 0.3 is 0 Å². The van der Waals surface area contributed by atoms with E-state index in [1.54, 1.807) is 12.1 Å². The smallest absolute Gasteiger partial charge is 0.147 e. The van der Waals surface area contributed by atoms with Crippen LogP contribution in [-0.2, 0) is 16.3 Å². The Hall–Kier alpha value is -1.76. The molecule has 0 spiro atoms. The molecule has 0 amide bonds. The minimum absolute atomic E-state index is 0.120. The summed E-state index contributed by atoms with van der Waals surface area (Å²) in [6.45, 7) is 0.354. The van der Waals surface area contributed by atoms with Crippen molar-refractivity contribution in [2.45, 2.75) is 12.8 Å². The summed E-state index contributed by atoms with van der Waals surface area (Å²) in [7, 11) is -2.93. The van der Waals surface area contributed by atoms with E-state index in [4.69, 9.17) is 15.7 Å². The largest absolute Gasteiger partial charge is 0.494 e. The zero-order valence-electron chi connectivity index (χ0n) is 10.7. The van der Waals surface area contributed by atoms with Gasteiger partial charge in [0.2, 0.25) is 0 Å². The number of nitrogens with zero attached hydrogens (tertiary/aromatic N) is 1. The van der Waals surface area contributed by atoms with Crippen LogP contribution >= 0.6 is 0 Å². The highest BCUT2D eigenvalue weighted by Crippen LogP contribution is 2.13. The number of benzene rings is 1. The first-order chi connectivity index (χ1) is 8.90. The lowest BCUT2D eigenvalue weighted by atomic mass is 10.1. The summed E-state index contributed by atoms with van der Waals surface area (Å²) in [5.74, 6) is 0.924. The molecule has 0 unspecified atom stereocenters. The third-order valence-electron chi connectivity index (χ3n) is 2.37. The number of rotatable bonds is 7. The number of sulfone groups is 1. The first-order valence-corrected chi connectivity index (χ1v) is 7.82. The minimum atomic E-state index is -2.93. The maximum atomic E-state index is 10.9. The average Bonchev–Trinajstić information content (AvgIpc) is 2.35. The molecule has 0 aliphatic heterocycles. The van der Waals surface area contributed by atoms with Gasteiger partial charge < -0.3 is 15.7 Å². The Labute approximate surface area is 112 Å². The summed E-state index contributed by atoms with van der Waals surface area (Å²) in [4.78, 5) is 0. The summed E-state index contributed by atoms with van der Waals surface area (Å²) in [6.07, 6.45) is 2.03. The van der Waals surface area contributed by atoms with Crippen molar-refractivity contribution in [2.24, 2.45) is 10.9 Å². The monoisotopic (exact) mass is 286 g/mol. The van der Waals surface area contributed by atoms with E-state index in [9.17, 15) is 8.42 Å². The molecule has 0 aliphatic carbocycles. The minimum Gasteiger partial charge on any atom is -0.494 e. The Morgan fingerprint density at radius 2 is 2.00 bits per heavy atom. The third kappa shape index (κ3) is 6.66. The van der Waals surface area contributed by atoms with Gasteiger partial charge in [-0.05, 0) is 24.1 Å². The molecular formula is C12H18N2O4S. The molecule has 1 aromatic rings. The molecule has 19 heavy (non-hydrogen) atoms. The van der Waals surface area contributed by atoms with Gasteiger partial charge in [0.15, 0.2) is 0 Å². The first kappa shape index (κ1) is 15.3. The van der Waals surface area contributed by atoms with Crippen LogP contribution in [0, 0.1) is 0 Å². The lowest BCUT2D eigenvalue weighted by Gasteiger charge is -2.06. The molecule has 0 aromatic heterocycles. The average molecular weight is 286 g/mol. The fourth-order valence-electron chi connectivity index (χ4n) is 1.46. The first-order valence-electron chi connectivity index (χ1n) is 5.76. The summed E-state index contributed by atoms with van der Waals surface area (Å²) >= 11 is 0. The highest BCUT2D eigenvalue weighted by atomic mass is 32.2. The molecule has 0 heterocycles. The molecule has 7 heteroatoms. The van der Waals surface area contributed by atoms with E-state index in [1.165, 1.54) is 6.26 Å². The summed E-state index contributed by atoms with van der Waals surface area (Å²) in [6, 6.07) is 7.15. The van der Waals surface area contributed by atoms with Crippen molar-refractivity contribution in [3.63, 3.8) is 0 Å². The lowest BCUT2D eigenvalue weighted by Crippen LogP contribution is -2.14. The summed E-state index contributed by atoms with van der Waals surface area (Å²) < 4.78 is 27.3. The zero-order chi connectivity index (χ0) is 14.3. The maximum Gasteiger partial charge on any atom is 0.147 e. The fraction of sp³-hybridized carbons (Fsp3) is 0.417. The van der Waals surface area contributed by atoms with Crippen LogP contribution in [0.5, 0.6) is 5.75 Å². The molecule has 106 valence electrons. The SMILES string of the molecule is CS(=O)(=O)CCCOc1ccc(CC(N)=NO)cc1. The second-order valence-corrected chi connectivity index (χ2v) is 6.50. The zero-order valence-corrected chi connectivity index (χ0v) is 11.6. The third-order valence-corrected chi connectivity index (χ3v) is 3.40. The predicted molar refractivity (Wildman–Crippen MR) is 73.4 cm³/mol. The van der Waals surface area contributed by atoms with Gasteiger partial charge in [-0.1, -0.05) is 17.3 Å². The van der Waals surface area contributed by atoms with Crippen molar-refractivity contribution in [3.8, 4) is 5.75 Å². The van der Waals surface area contributed by atoms with E-state index in [0.29, 0.717) is 25.2 Å². The van der Waals surface area contributed by atoms with Gasteiger partial charge in [0.25, 0.3) is 0 Å². The summed E-state index contributed by atoms with van der Waals surface area (Å²) in [5.41, 5.74) is 6.30. The molecule has 0 fully saturated rings. The number of amidine groups is 1. The Balaban J connectivity index is 2.40. The van der Waals surface area contributed by atoms with Crippen molar-refractivity contribution < 1.29 is 18.4 Å². The molecule has 1 aromatic carbocycles. The molecule has 1 rings (SSSR count). The van der Waals surface area contributed by atoms with E-state index in [0.717, 1.165) is 5.56 Å². The van der Waals surface area contributed by atoms with E-state index in [2.05, 4.69) is 5.16 Å². The molecule has 0 atom stereocenters. The molecule has 0 saturated heterocycles. The number of hydrogen-bond donors (Lipinski definition) is 2. The van der Waals surface area contributed by atoms with Crippen molar-refractivity contribution in [3.05, 3.63) is 29.8 Å². The summed E-state index contributed by atoms with van der Waals surface area (Å²) in [5, 5.41) is 11.3. The number of ether oxygens (including phenoxy) is 1. The van der Waals surface area contributed by atoms with E-state index in [-0.39, 0.29) is 11.6 Å². The second-order valence-electron chi connectivity index (χ2n) is 4.24. The van der Waals surface area contributed by atoms with Crippen LogP contribution in [0.1, 0.15) is 12.0 Å². The van der Waals surface area contributed by atoms with Gasteiger partial charge in [0.05, 0.1) is 12.4 Å². The van der Waals surface area contributed by atoms with Crippen LogP contribution in [-0.4, -0.2) is 38.1 Å². The van der Waals surface area contributed by atoms with Gasteiger partial charge in [-0.25, -0.2) is 8.42 Å². The van der Waals surface area contributed by atoms with E-state index >= 15 is 0 Å². The number of nitrogens with two attached hydrogens (primary N) is 1. The van der Waals surface area contributed by atoms with Crippen LogP contribution in [0.15, 0.2) is 29.4 Å². The van der Waals surface area contributed by atoms with Crippen LogP contribution in [0.2, 0.25) is 0 Å². The highest BCUT2D eigenvalue weighted by molar-refractivity contribution is 7.90. The van der Waals surface area contributed by atoms with E-state index in [1.807, 2.05) is 12.1 Å². The lowest BCUT2D eigenvalue weighted by molar-refractivity contribution is 0.317. The molecule has 0 saturated carbocycles. The number of oxime groups is 1. The normalized spacial score (nSPS) is 12.4. The van der Waals surface area contributed by atoms with E-state index < -0.39 is 9.84 Å². The Bertz CT molecular complexity index is 523. The van der Waals surface area contributed by atoms with Crippen LogP contribution < -0.4 is 10.5 Å². The predicted octanol–water partition coefficient (Wildman–Crippen LogP) is 0.789. The van der Waals surface area contributed by atoms with Gasteiger partial charge in [-0.2, -0.15) is 0 Å². The Kier molecular flexibility index (Phi) is 5.62. The van der Waals surface area contributed by atoms with Gasteiger partial charge in [0, 0.05) is 12.7 Å². The standard InChI is InChI=1S/C12H18N2O4S/c1-19(16,17)8-2-7-18-11-5-3-10(4-6-11)9-12(13)14-15/h3-6,15H,2,7-9H2,1H3,(H2,13,14). The molecular weight excluding hydrogens is 268 g/mol. The fourth-order valence-corrected chi connectivity index (χ4v) is 2.10. The molecule has 0 radical (unpaired) electrons. The van der Waals surface area contributed by atoms with Gasteiger partial charge in [-0.15, -0.1) is 0 Å². The quantitative estimate of drug-likeness (QED) is 0.254. The number of hydrogen-bond acceptors (Lipinski definition) is 5. The molecule has 6 nitrogen and oxygen atoms in total. The molecule has 0 aliphatic rings. The van der Waals surface area contributed by atoms with Gasteiger partial charge in [-0.3, -0.25) is 0 Å². The van der Waals surface area contributed by atoms with Crippen LogP contribution in [0.25, 0.3) is 0 Å². The maximum absolute atomic E-state index is 10.9. The Morgan fingerprint density at radius 1 is 1.37 bits per heavy atom. The van der Waals surface area contributed by atoms with Crippen LogP contribution in [0.4, 0.5) is 0 Å². The second kappa shape index (κ2) is 6.98. The molecule has 0 bridgehead atoms. The van der Waals surface area contributed by atoms with Crippen molar-refractivity contribution in [1.82, 2.24) is 0 Å².